The summed E-state index contributed by atoms with van der Waals surface area (Å²) in [6, 6.07) is 74.7. The lowest BCUT2D eigenvalue weighted by atomic mass is 9.94. The van der Waals surface area contributed by atoms with Crippen LogP contribution >= 0.6 is 0 Å². The van der Waals surface area contributed by atoms with Gasteiger partial charge in [0.25, 0.3) is 0 Å². The number of anilines is 3. The van der Waals surface area contributed by atoms with Gasteiger partial charge in [-0.2, -0.15) is 0 Å². The minimum Gasteiger partial charge on any atom is -0.309 e. The average molecular weight is 663 g/mol. The zero-order valence-electron chi connectivity index (χ0n) is 28.5. The molecule has 0 N–H and O–H groups in total. The van der Waals surface area contributed by atoms with Crippen LogP contribution in [0.15, 0.2) is 206 Å². The molecule has 2 heteroatoms. The molecule has 0 fully saturated rings. The SMILES string of the molecule is c1ccc(-n2c3ccccc3c3c(-c4cccc(-c5ccccc5N(c5ccc6ccccc6c5)c5cccc6ccccc56)c4)cccc32)cc1. The van der Waals surface area contributed by atoms with E-state index in [2.05, 4.69) is 216 Å². The van der Waals surface area contributed by atoms with Crippen molar-refractivity contribution in [2.24, 2.45) is 0 Å². The number of hydrogen-bond acceptors (Lipinski definition) is 1. The van der Waals surface area contributed by atoms with Gasteiger partial charge in [-0.1, -0.05) is 152 Å². The zero-order chi connectivity index (χ0) is 34.4. The Morgan fingerprint density at radius 3 is 1.83 bits per heavy atom. The van der Waals surface area contributed by atoms with Crippen molar-refractivity contribution in [3.05, 3.63) is 206 Å². The fraction of sp³-hybridized carbons (Fsp3) is 0. The molecule has 9 aromatic carbocycles. The minimum absolute atomic E-state index is 1.12. The van der Waals surface area contributed by atoms with E-state index in [-0.39, 0.29) is 0 Å². The molecule has 0 saturated heterocycles. The summed E-state index contributed by atoms with van der Waals surface area (Å²) in [7, 11) is 0. The van der Waals surface area contributed by atoms with Crippen LogP contribution in [-0.2, 0) is 0 Å². The van der Waals surface area contributed by atoms with Crippen molar-refractivity contribution < 1.29 is 0 Å². The Morgan fingerprint density at radius 2 is 0.942 bits per heavy atom. The number of benzene rings is 9. The second kappa shape index (κ2) is 12.5. The van der Waals surface area contributed by atoms with Crippen LogP contribution in [0.2, 0.25) is 0 Å². The highest BCUT2D eigenvalue weighted by Gasteiger charge is 2.21. The molecule has 10 aromatic rings. The van der Waals surface area contributed by atoms with E-state index in [9.17, 15) is 0 Å². The van der Waals surface area contributed by atoms with Crippen LogP contribution < -0.4 is 4.90 Å². The van der Waals surface area contributed by atoms with Crippen molar-refractivity contribution >= 4 is 60.4 Å². The van der Waals surface area contributed by atoms with Crippen LogP contribution in [0.4, 0.5) is 17.1 Å². The predicted molar refractivity (Wildman–Crippen MR) is 221 cm³/mol. The minimum atomic E-state index is 1.12. The molecule has 10 rings (SSSR count). The summed E-state index contributed by atoms with van der Waals surface area (Å²) in [6.07, 6.45) is 0. The number of aromatic nitrogens is 1. The fourth-order valence-electron chi connectivity index (χ4n) is 8.01. The van der Waals surface area contributed by atoms with Crippen LogP contribution in [0.1, 0.15) is 0 Å². The first-order valence-electron chi connectivity index (χ1n) is 17.9. The first-order valence-corrected chi connectivity index (χ1v) is 17.9. The third kappa shape index (κ3) is 4.96. The van der Waals surface area contributed by atoms with E-state index in [0.717, 1.165) is 22.7 Å². The summed E-state index contributed by atoms with van der Waals surface area (Å²) in [5, 5.41) is 7.39. The normalized spacial score (nSPS) is 11.5. The molecule has 0 aliphatic heterocycles. The van der Waals surface area contributed by atoms with Gasteiger partial charge in [0.1, 0.15) is 0 Å². The van der Waals surface area contributed by atoms with E-state index in [1.807, 2.05) is 0 Å². The van der Waals surface area contributed by atoms with Gasteiger partial charge < -0.3 is 9.47 Å². The largest absolute Gasteiger partial charge is 0.309 e. The Kier molecular flexibility index (Phi) is 7.18. The van der Waals surface area contributed by atoms with Crippen LogP contribution in [0.3, 0.4) is 0 Å². The topological polar surface area (TPSA) is 8.17 Å². The Labute approximate surface area is 303 Å². The molecular weight excluding hydrogens is 629 g/mol. The highest BCUT2D eigenvalue weighted by Crippen LogP contribution is 2.45. The van der Waals surface area contributed by atoms with E-state index >= 15 is 0 Å². The number of nitrogens with zero attached hydrogens (tertiary/aromatic N) is 2. The zero-order valence-corrected chi connectivity index (χ0v) is 28.5. The summed E-state index contributed by atoms with van der Waals surface area (Å²) in [5.74, 6) is 0. The van der Waals surface area contributed by atoms with Gasteiger partial charge in [0.05, 0.1) is 22.4 Å². The van der Waals surface area contributed by atoms with Crippen LogP contribution in [-0.4, -0.2) is 4.57 Å². The van der Waals surface area contributed by atoms with Crippen molar-refractivity contribution in [2.75, 3.05) is 4.90 Å². The monoisotopic (exact) mass is 662 g/mol. The molecule has 244 valence electrons. The van der Waals surface area contributed by atoms with E-state index in [0.29, 0.717) is 0 Å². The molecule has 0 radical (unpaired) electrons. The third-order valence-corrected chi connectivity index (χ3v) is 10.3. The lowest BCUT2D eigenvalue weighted by Crippen LogP contribution is -2.11. The van der Waals surface area contributed by atoms with E-state index in [1.165, 1.54) is 65.6 Å². The highest BCUT2D eigenvalue weighted by atomic mass is 15.1. The molecular formula is C50H34N2. The molecule has 0 bridgehead atoms. The Hall–Kier alpha value is -6.90. The third-order valence-electron chi connectivity index (χ3n) is 10.3. The van der Waals surface area contributed by atoms with Gasteiger partial charge in [-0.25, -0.2) is 0 Å². The maximum Gasteiger partial charge on any atom is 0.0547 e. The maximum atomic E-state index is 2.44. The summed E-state index contributed by atoms with van der Waals surface area (Å²) in [5.41, 5.74) is 11.7. The van der Waals surface area contributed by atoms with Crippen LogP contribution in [0.25, 0.3) is 71.3 Å². The first-order chi connectivity index (χ1) is 25.8. The molecule has 0 saturated carbocycles. The molecule has 1 heterocycles. The molecule has 0 amide bonds. The molecule has 0 aliphatic rings. The fourth-order valence-corrected chi connectivity index (χ4v) is 8.01. The van der Waals surface area contributed by atoms with Crippen molar-refractivity contribution in [1.29, 1.82) is 0 Å². The molecule has 0 spiro atoms. The Bertz CT molecular complexity index is 2910. The molecule has 0 aliphatic carbocycles. The van der Waals surface area contributed by atoms with Crippen molar-refractivity contribution in [3.8, 4) is 27.9 Å². The quantitative estimate of drug-likeness (QED) is 0.172. The van der Waals surface area contributed by atoms with Crippen LogP contribution in [0, 0.1) is 0 Å². The van der Waals surface area contributed by atoms with Crippen molar-refractivity contribution in [2.45, 2.75) is 0 Å². The lowest BCUT2D eigenvalue weighted by molar-refractivity contribution is 1.18. The van der Waals surface area contributed by atoms with Crippen LogP contribution in [0.5, 0.6) is 0 Å². The van der Waals surface area contributed by atoms with Gasteiger partial charge in [0, 0.05) is 33.1 Å². The lowest BCUT2D eigenvalue weighted by Gasteiger charge is -2.29. The van der Waals surface area contributed by atoms with Gasteiger partial charge in [-0.15, -0.1) is 0 Å². The molecule has 52 heavy (non-hydrogen) atoms. The second-order valence-corrected chi connectivity index (χ2v) is 13.4. The summed E-state index contributed by atoms with van der Waals surface area (Å²) in [6.45, 7) is 0. The maximum absolute atomic E-state index is 2.44. The number of fused-ring (bicyclic) bond motifs is 5. The summed E-state index contributed by atoms with van der Waals surface area (Å²) < 4.78 is 2.39. The standard InChI is InChI=1S/C50H34N2/c1-2-21-40(22-3-1)51-48-28-11-9-25-45(48)50-44(26-14-30-49(50)51)39-20-12-19-38(33-39)43-24-8-10-27-46(43)52(41-32-31-35-15-4-5-17-37(35)34-41)47-29-13-18-36-16-6-7-23-42(36)47/h1-34H. The molecule has 0 atom stereocenters. The molecule has 1 aromatic heterocycles. The van der Waals surface area contributed by atoms with Gasteiger partial charge in [0.2, 0.25) is 0 Å². The Balaban J connectivity index is 1.18. The number of rotatable bonds is 6. The van der Waals surface area contributed by atoms with E-state index in [1.54, 1.807) is 0 Å². The summed E-state index contributed by atoms with van der Waals surface area (Å²) in [4.78, 5) is 2.44. The second-order valence-electron chi connectivity index (χ2n) is 13.4. The average Bonchev–Trinajstić information content (AvgIpc) is 3.56. The molecule has 0 unspecified atom stereocenters. The van der Waals surface area contributed by atoms with Gasteiger partial charge in [0.15, 0.2) is 0 Å². The summed E-state index contributed by atoms with van der Waals surface area (Å²) >= 11 is 0. The van der Waals surface area contributed by atoms with Gasteiger partial charge in [-0.3, -0.25) is 0 Å². The predicted octanol–water partition coefficient (Wildman–Crippen LogP) is 13.9. The van der Waals surface area contributed by atoms with E-state index in [4.69, 9.17) is 0 Å². The highest BCUT2D eigenvalue weighted by molar-refractivity contribution is 6.16. The van der Waals surface area contributed by atoms with Crippen molar-refractivity contribution in [3.63, 3.8) is 0 Å². The smallest absolute Gasteiger partial charge is 0.0547 e. The van der Waals surface area contributed by atoms with Crippen molar-refractivity contribution in [1.82, 2.24) is 4.57 Å². The first kappa shape index (κ1) is 30.0. The number of hydrogen-bond donors (Lipinski definition) is 0. The Morgan fingerprint density at radius 1 is 0.346 bits per heavy atom. The number of para-hydroxylation sites is 3. The van der Waals surface area contributed by atoms with E-state index < -0.39 is 0 Å². The van der Waals surface area contributed by atoms with Gasteiger partial charge in [-0.05, 0) is 87.4 Å². The van der Waals surface area contributed by atoms with Gasteiger partial charge >= 0.3 is 0 Å². The molecule has 2 nitrogen and oxygen atoms in total.